The van der Waals surface area contributed by atoms with Crippen molar-refractivity contribution in [1.29, 1.82) is 0 Å². The van der Waals surface area contributed by atoms with Crippen molar-refractivity contribution in [3.05, 3.63) is 56.2 Å². The van der Waals surface area contributed by atoms with Gasteiger partial charge >= 0.3 is 0 Å². The number of hydrogen-bond acceptors (Lipinski definition) is 7. The molecule has 3 heterocycles. The third-order valence-corrected chi connectivity index (χ3v) is 6.55. The van der Waals surface area contributed by atoms with E-state index in [1.54, 1.807) is 30.4 Å². The van der Waals surface area contributed by atoms with Crippen LogP contribution in [0.25, 0.3) is 0 Å². The van der Waals surface area contributed by atoms with Crippen molar-refractivity contribution in [3.63, 3.8) is 0 Å². The molecule has 28 heavy (non-hydrogen) atoms. The molecule has 1 aromatic heterocycles. The van der Waals surface area contributed by atoms with Gasteiger partial charge in [0, 0.05) is 33.7 Å². The van der Waals surface area contributed by atoms with Crippen LogP contribution in [-0.4, -0.2) is 52.2 Å². The van der Waals surface area contributed by atoms with E-state index >= 15 is 0 Å². The summed E-state index contributed by atoms with van der Waals surface area (Å²) in [6, 6.07) is 9.59. The average Bonchev–Trinajstić information content (AvgIpc) is 3.23. The molecule has 1 fully saturated rings. The lowest BCUT2D eigenvalue weighted by atomic mass is 9.86. The number of aliphatic hydroxyl groups excluding tert-OH is 3. The van der Waals surface area contributed by atoms with E-state index in [0.717, 1.165) is 5.56 Å². The highest BCUT2D eigenvalue weighted by Crippen LogP contribution is 2.45. The molecule has 150 valence electrons. The molecule has 4 rings (SSSR count). The van der Waals surface area contributed by atoms with Crippen LogP contribution in [0.3, 0.4) is 0 Å². The van der Waals surface area contributed by atoms with Gasteiger partial charge in [0.1, 0.15) is 18.3 Å². The Bertz CT molecular complexity index is 916. The molecule has 2 aromatic rings. The Kier molecular flexibility index (Phi) is 5.24. The predicted octanol–water partition coefficient (Wildman–Crippen LogP) is 2.38. The Morgan fingerprint density at radius 1 is 1.18 bits per heavy atom. The highest BCUT2D eigenvalue weighted by molar-refractivity contribution is 7.11. The molecule has 3 N–H and O–H groups in total. The van der Waals surface area contributed by atoms with Crippen molar-refractivity contribution in [1.82, 2.24) is 0 Å². The molecule has 8 heteroatoms. The van der Waals surface area contributed by atoms with E-state index in [1.165, 1.54) is 9.75 Å². The highest BCUT2D eigenvalue weighted by Gasteiger charge is 2.59. The molecule has 1 saturated heterocycles. The van der Waals surface area contributed by atoms with Gasteiger partial charge < -0.3 is 24.8 Å². The summed E-state index contributed by atoms with van der Waals surface area (Å²) in [4.78, 5) is 6.93. The van der Waals surface area contributed by atoms with Crippen LogP contribution in [0.4, 0.5) is 0 Å². The van der Waals surface area contributed by atoms with Crippen molar-refractivity contribution in [3.8, 4) is 0 Å². The number of halogens is 1. The maximum absolute atomic E-state index is 10.6. The normalized spacial score (nSPS) is 32.0. The van der Waals surface area contributed by atoms with Gasteiger partial charge in [0.25, 0.3) is 0 Å². The van der Waals surface area contributed by atoms with Crippen LogP contribution in [0, 0.1) is 6.92 Å². The third kappa shape index (κ3) is 3.26. The second-order valence-corrected chi connectivity index (χ2v) is 8.96. The molecule has 0 saturated carbocycles. The van der Waals surface area contributed by atoms with Gasteiger partial charge in [0.15, 0.2) is 12.0 Å². The van der Waals surface area contributed by atoms with Crippen LogP contribution in [0.1, 0.15) is 27.8 Å². The monoisotopic (exact) mass is 423 g/mol. The number of rotatable bonds is 4. The van der Waals surface area contributed by atoms with Crippen molar-refractivity contribution < 1.29 is 24.8 Å². The first kappa shape index (κ1) is 19.8. The molecule has 1 aromatic carbocycles. The quantitative estimate of drug-likeness (QED) is 0.702. The van der Waals surface area contributed by atoms with Crippen molar-refractivity contribution in [2.24, 2.45) is 4.99 Å². The van der Waals surface area contributed by atoms with Gasteiger partial charge in [-0.3, -0.25) is 0 Å². The zero-order valence-corrected chi connectivity index (χ0v) is 17.1. The molecule has 5 atom stereocenters. The molecule has 0 aliphatic carbocycles. The Morgan fingerprint density at radius 2 is 1.96 bits per heavy atom. The minimum atomic E-state index is -1.35. The molecule has 6 nitrogen and oxygen atoms in total. The summed E-state index contributed by atoms with van der Waals surface area (Å²) in [5, 5.41) is 31.1. The average molecular weight is 424 g/mol. The topological polar surface area (TPSA) is 91.5 Å². The third-order valence-electron chi connectivity index (χ3n) is 5.18. The summed E-state index contributed by atoms with van der Waals surface area (Å²) < 4.78 is 11.7. The molecule has 2 aliphatic rings. The summed E-state index contributed by atoms with van der Waals surface area (Å²) in [5.74, 6) is 0.347. The van der Waals surface area contributed by atoms with Gasteiger partial charge in [-0.1, -0.05) is 17.7 Å². The molecule has 0 amide bonds. The fourth-order valence-corrected chi connectivity index (χ4v) is 4.92. The number of ether oxygens (including phenoxy) is 2. The first-order chi connectivity index (χ1) is 13.3. The van der Waals surface area contributed by atoms with Gasteiger partial charge in [-0.25, -0.2) is 4.99 Å². The minimum Gasteiger partial charge on any atom is -0.469 e. The predicted molar refractivity (Wildman–Crippen MR) is 107 cm³/mol. The van der Waals surface area contributed by atoms with Crippen LogP contribution in [0.2, 0.25) is 5.02 Å². The van der Waals surface area contributed by atoms with Crippen LogP contribution in [0.15, 0.2) is 35.3 Å². The Hall–Kier alpha value is -1.48. The van der Waals surface area contributed by atoms with Crippen molar-refractivity contribution >= 4 is 28.8 Å². The van der Waals surface area contributed by atoms with Gasteiger partial charge in [-0.05, 0) is 36.8 Å². The number of nitrogens with zero attached hydrogens (tertiary/aromatic N) is 1. The summed E-state index contributed by atoms with van der Waals surface area (Å²) in [6.45, 7) is 3.28. The van der Waals surface area contributed by atoms with Crippen molar-refractivity contribution in [2.45, 2.75) is 50.4 Å². The van der Waals surface area contributed by atoms with Crippen LogP contribution in [0.5, 0.6) is 0 Å². The fraction of sp³-hybridized carbons (Fsp3) is 0.450. The standard InChI is InChI=1S/C20H22ClNO5S/c1-10-3-5-14(28-10)8-12-7-13(4-6-15(12)21)20-19(26-11(2)22-20)18(25)17(24)16(9-23)27-20/h3-7,16-19,23-25H,8-9H2,1-2H3/t16-,17-,18+,19?,20?/m1/s1. The summed E-state index contributed by atoms with van der Waals surface area (Å²) in [7, 11) is 0. The molecular formula is C20H22ClNO5S. The number of aliphatic imine (C=N–C) groups is 1. The summed E-state index contributed by atoms with van der Waals surface area (Å²) in [5.41, 5.74) is 0.214. The highest BCUT2D eigenvalue weighted by atomic mass is 35.5. The van der Waals surface area contributed by atoms with E-state index in [0.29, 0.717) is 22.9 Å². The van der Waals surface area contributed by atoms with E-state index in [2.05, 4.69) is 24.0 Å². The molecular weight excluding hydrogens is 402 g/mol. The molecule has 2 unspecified atom stereocenters. The number of fused-ring (bicyclic) bond motifs is 1. The van der Waals surface area contributed by atoms with Gasteiger partial charge in [-0.2, -0.15) is 0 Å². The Balaban J connectivity index is 1.76. The van der Waals surface area contributed by atoms with Gasteiger partial charge in [-0.15, -0.1) is 11.3 Å². The first-order valence-corrected chi connectivity index (χ1v) is 10.3. The van der Waals surface area contributed by atoms with Crippen LogP contribution < -0.4 is 0 Å². The van der Waals surface area contributed by atoms with E-state index < -0.39 is 36.7 Å². The maximum Gasteiger partial charge on any atom is 0.228 e. The number of aryl methyl sites for hydroxylation is 1. The fourth-order valence-electron chi connectivity index (χ4n) is 3.82. The maximum atomic E-state index is 10.6. The second kappa shape index (κ2) is 7.40. The Morgan fingerprint density at radius 3 is 2.64 bits per heavy atom. The van der Waals surface area contributed by atoms with E-state index in [1.807, 2.05) is 6.07 Å². The zero-order chi connectivity index (χ0) is 20.1. The molecule has 0 radical (unpaired) electrons. The van der Waals surface area contributed by atoms with E-state index in [-0.39, 0.29) is 0 Å². The van der Waals surface area contributed by atoms with Gasteiger partial charge in [0.05, 0.1) is 6.61 Å². The summed E-state index contributed by atoms with van der Waals surface area (Å²) >= 11 is 8.14. The lowest BCUT2D eigenvalue weighted by Gasteiger charge is -2.44. The lowest BCUT2D eigenvalue weighted by molar-refractivity contribution is -0.262. The number of benzene rings is 1. The SMILES string of the molecule is CC1=NC2(c3ccc(Cl)c(Cc4ccc(C)s4)c3)O[C@H](CO)[C@@H](O)[C@H](O)C2O1. The number of hydrogen-bond donors (Lipinski definition) is 3. The molecule has 2 aliphatic heterocycles. The first-order valence-electron chi connectivity index (χ1n) is 9.06. The van der Waals surface area contributed by atoms with Gasteiger partial charge in [0.2, 0.25) is 5.72 Å². The second-order valence-electron chi connectivity index (χ2n) is 7.18. The largest absolute Gasteiger partial charge is 0.469 e. The molecule has 0 bridgehead atoms. The van der Waals surface area contributed by atoms with Crippen molar-refractivity contribution in [2.75, 3.05) is 6.61 Å². The smallest absolute Gasteiger partial charge is 0.228 e. The minimum absolute atomic E-state index is 0.347. The number of thiophene rings is 1. The van der Waals surface area contributed by atoms with E-state index in [9.17, 15) is 15.3 Å². The lowest BCUT2D eigenvalue weighted by Crippen LogP contribution is -2.61. The zero-order valence-electron chi connectivity index (χ0n) is 15.5. The summed E-state index contributed by atoms with van der Waals surface area (Å²) in [6.07, 6.45) is -3.77. The van der Waals surface area contributed by atoms with Crippen LogP contribution in [-0.2, 0) is 21.6 Å². The molecule has 0 spiro atoms. The Labute approximate surface area is 172 Å². The number of aliphatic hydroxyl groups is 3. The van der Waals surface area contributed by atoms with E-state index in [4.69, 9.17) is 21.1 Å². The van der Waals surface area contributed by atoms with Crippen LogP contribution >= 0.6 is 22.9 Å².